The fraction of sp³-hybridized carbons (Fsp3) is 0.556. The summed E-state index contributed by atoms with van der Waals surface area (Å²) in [5.74, 6) is -0.0470. The highest BCUT2D eigenvalue weighted by Crippen LogP contribution is 2.32. The van der Waals surface area contributed by atoms with Crippen LogP contribution in [0.1, 0.15) is 40.5 Å². The average molecular weight is 350 g/mol. The Morgan fingerprint density at radius 2 is 1.88 bits per heavy atom. The molecule has 0 aliphatic carbocycles. The van der Waals surface area contributed by atoms with E-state index in [0.717, 1.165) is 25.1 Å². The van der Waals surface area contributed by atoms with Gasteiger partial charge in [0.2, 0.25) is 5.91 Å². The van der Waals surface area contributed by atoms with Crippen LogP contribution in [0.2, 0.25) is 0 Å². The normalized spacial score (nSPS) is 18.2. The zero-order valence-corrected chi connectivity index (χ0v) is 15.7. The number of nitrogens with one attached hydrogen (secondary N) is 2. The number of carbonyl (C=O) groups is 2. The van der Waals surface area contributed by atoms with Crippen molar-refractivity contribution in [3.05, 3.63) is 24.3 Å². The Balaban J connectivity index is 1.90. The van der Waals surface area contributed by atoms with Crippen LogP contribution in [0.5, 0.6) is 0 Å². The molecule has 1 atom stereocenters. The molecule has 1 fully saturated rings. The Morgan fingerprint density at radius 3 is 2.46 bits per heavy atom. The van der Waals surface area contributed by atoms with E-state index in [0.29, 0.717) is 6.54 Å². The molecule has 1 aromatic carbocycles. The average Bonchev–Trinajstić information content (AvgIpc) is 2.47. The van der Waals surface area contributed by atoms with Crippen LogP contribution in [-0.4, -0.2) is 40.7 Å². The third-order valence-corrected chi connectivity index (χ3v) is 4.77. The highest BCUT2D eigenvalue weighted by atomic mass is 32.2. The number of amides is 3. The van der Waals surface area contributed by atoms with Gasteiger partial charge in [0.1, 0.15) is 0 Å². The number of piperidine rings is 1. The lowest BCUT2D eigenvalue weighted by Crippen LogP contribution is -2.50. The molecular weight excluding hydrogens is 322 g/mol. The number of nitrogens with zero attached hydrogens (tertiary/aromatic N) is 1. The second-order valence-electron chi connectivity index (χ2n) is 7.15. The van der Waals surface area contributed by atoms with Gasteiger partial charge in [-0.2, -0.15) is 0 Å². The van der Waals surface area contributed by atoms with E-state index in [1.807, 2.05) is 24.3 Å². The lowest BCUT2D eigenvalue weighted by Gasteiger charge is -2.33. The molecule has 24 heavy (non-hydrogen) atoms. The summed E-state index contributed by atoms with van der Waals surface area (Å²) >= 11 is 1.80. The maximum absolute atomic E-state index is 12.4. The molecule has 0 radical (unpaired) electrons. The first-order valence-electron chi connectivity index (χ1n) is 8.35. The van der Waals surface area contributed by atoms with E-state index >= 15 is 0 Å². The monoisotopic (exact) mass is 349 g/mol. The summed E-state index contributed by atoms with van der Waals surface area (Å²) in [6.45, 7) is 9.32. The van der Waals surface area contributed by atoms with E-state index in [9.17, 15) is 9.59 Å². The molecule has 2 rings (SSSR count). The number of thioether (sulfide) groups is 1. The van der Waals surface area contributed by atoms with Crippen molar-refractivity contribution < 1.29 is 9.59 Å². The number of carbonyl (C=O) groups excluding carboxylic acids is 2. The minimum Gasteiger partial charge on any atom is -0.352 e. The van der Waals surface area contributed by atoms with Gasteiger partial charge in [-0.1, -0.05) is 20.8 Å². The molecule has 132 valence electrons. The molecule has 1 aliphatic heterocycles. The Kier molecular flexibility index (Phi) is 6.15. The topological polar surface area (TPSA) is 61.4 Å². The van der Waals surface area contributed by atoms with Crippen molar-refractivity contribution in [2.75, 3.05) is 18.4 Å². The zero-order chi connectivity index (χ0) is 17.7. The molecule has 6 heteroatoms. The molecule has 1 aromatic rings. The Labute approximate surface area is 148 Å². The molecule has 1 unspecified atom stereocenters. The van der Waals surface area contributed by atoms with Crippen LogP contribution in [0, 0.1) is 0 Å². The molecule has 1 aliphatic rings. The smallest absolute Gasteiger partial charge is 0.321 e. The highest BCUT2D eigenvalue weighted by molar-refractivity contribution is 8.00. The van der Waals surface area contributed by atoms with Gasteiger partial charge in [-0.15, -0.1) is 11.8 Å². The van der Waals surface area contributed by atoms with Crippen molar-refractivity contribution >= 4 is 29.4 Å². The number of hydrogen-bond acceptors (Lipinski definition) is 3. The van der Waals surface area contributed by atoms with Crippen molar-refractivity contribution in [3.63, 3.8) is 0 Å². The predicted molar refractivity (Wildman–Crippen MR) is 99.5 cm³/mol. The summed E-state index contributed by atoms with van der Waals surface area (Å²) in [5, 5.41) is 5.84. The maximum Gasteiger partial charge on any atom is 0.321 e. The van der Waals surface area contributed by atoms with Crippen molar-refractivity contribution in [3.8, 4) is 0 Å². The van der Waals surface area contributed by atoms with E-state index in [1.165, 1.54) is 11.8 Å². The van der Waals surface area contributed by atoms with Gasteiger partial charge < -0.3 is 15.5 Å². The van der Waals surface area contributed by atoms with Crippen molar-refractivity contribution in [2.45, 2.75) is 56.2 Å². The third kappa shape index (κ3) is 6.07. The third-order valence-electron chi connectivity index (χ3n) is 3.65. The van der Waals surface area contributed by atoms with E-state index in [1.54, 1.807) is 16.7 Å². The summed E-state index contributed by atoms with van der Waals surface area (Å²) in [6, 6.07) is 7.86. The van der Waals surface area contributed by atoms with Crippen LogP contribution in [-0.2, 0) is 4.79 Å². The SMILES string of the molecule is CC(=O)NC1CCCN(C(=O)Nc2ccc(SC(C)(C)C)cc2)C1. The minimum absolute atomic E-state index is 0.0470. The standard InChI is InChI=1S/C18H27N3O2S/c1-13(22)19-15-6-5-11-21(12-15)17(23)20-14-7-9-16(10-8-14)24-18(2,3)4/h7-10,15H,5-6,11-12H2,1-4H3,(H,19,22)(H,20,23). The van der Waals surface area contributed by atoms with Gasteiger partial charge in [0.05, 0.1) is 0 Å². The summed E-state index contributed by atoms with van der Waals surface area (Å²) in [4.78, 5) is 26.5. The van der Waals surface area contributed by atoms with Gasteiger partial charge in [0.15, 0.2) is 0 Å². The quantitative estimate of drug-likeness (QED) is 0.818. The molecule has 5 nitrogen and oxygen atoms in total. The molecule has 0 saturated carbocycles. The van der Waals surface area contributed by atoms with Gasteiger partial charge in [0, 0.05) is 41.4 Å². The Hall–Kier alpha value is -1.69. The number of urea groups is 1. The minimum atomic E-state index is -0.110. The van der Waals surface area contributed by atoms with Gasteiger partial charge in [-0.3, -0.25) is 4.79 Å². The molecule has 1 heterocycles. The molecule has 0 spiro atoms. The Morgan fingerprint density at radius 1 is 1.21 bits per heavy atom. The summed E-state index contributed by atoms with van der Waals surface area (Å²) in [5.41, 5.74) is 0.792. The van der Waals surface area contributed by atoms with E-state index in [-0.39, 0.29) is 22.7 Å². The van der Waals surface area contributed by atoms with Gasteiger partial charge in [-0.25, -0.2) is 4.79 Å². The lowest BCUT2D eigenvalue weighted by molar-refractivity contribution is -0.119. The van der Waals surface area contributed by atoms with E-state index < -0.39 is 0 Å². The second kappa shape index (κ2) is 7.92. The number of hydrogen-bond donors (Lipinski definition) is 2. The highest BCUT2D eigenvalue weighted by Gasteiger charge is 2.24. The summed E-state index contributed by atoms with van der Waals surface area (Å²) in [7, 11) is 0. The predicted octanol–water partition coefficient (Wildman–Crippen LogP) is 3.71. The molecule has 1 saturated heterocycles. The first kappa shape index (κ1) is 18.6. The number of anilines is 1. The van der Waals surface area contributed by atoms with Gasteiger partial charge in [0.25, 0.3) is 0 Å². The van der Waals surface area contributed by atoms with Gasteiger partial charge in [-0.05, 0) is 37.1 Å². The molecule has 0 aromatic heterocycles. The number of benzene rings is 1. The van der Waals surface area contributed by atoms with Crippen LogP contribution in [0.25, 0.3) is 0 Å². The maximum atomic E-state index is 12.4. The van der Waals surface area contributed by atoms with Crippen LogP contribution in [0.4, 0.5) is 10.5 Å². The van der Waals surface area contributed by atoms with Crippen LogP contribution >= 0.6 is 11.8 Å². The summed E-state index contributed by atoms with van der Waals surface area (Å²) < 4.78 is 0.164. The fourth-order valence-corrected chi connectivity index (χ4v) is 3.71. The van der Waals surface area contributed by atoms with Crippen molar-refractivity contribution in [2.24, 2.45) is 0 Å². The summed E-state index contributed by atoms with van der Waals surface area (Å²) in [6.07, 6.45) is 1.82. The fourth-order valence-electron chi connectivity index (χ4n) is 2.73. The van der Waals surface area contributed by atoms with Crippen molar-refractivity contribution in [1.29, 1.82) is 0 Å². The van der Waals surface area contributed by atoms with Crippen LogP contribution < -0.4 is 10.6 Å². The zero-order valence-electron chi connectivity index (χ0n) is 14.9. The Bertz CT molecular complexity index is 581. The lowest BCUT2D eigenvalue weighted by atomic mass is 10.1. The number of rotatable bonds is 3. The second-order valence-corrected chi connectivity index (χ2v) is 9.05. The number of likely N-dealkylation sites (tertiary alicyclic amines) is 1. The van der Waals surface area contributed by atoms with E-state index in [2.05, 4.69) is 31.4 Å². The largest absolute Gasteiger partial charge is 0.352 e. The molecule has 0 bridgehead atoms. The molecular formula is C18H27N3O2S. The van der Waals surface area contributed by atoms with Crippen LogP contribution in [0.3, 0.4) is 0 Å². The first-order valence-corrected chi connectivity index (χ1v) is 9.17. The van der Waals surface area contributed by atoms with E-state index in [4.69, 9.17) is 0 Å². The molecule has 2 N–H and O–H groups in total. The first-order chi connectivity index (χ1) is 11.2. The van der Waals surface area contributed by atoms with Crippen LogP contribution in [0.15, 0.2) is 29.2 Å². The van der Waals surface area contributed by atoms with Gasteiger partial charge >= 0.3 is 6.03 Å². The molecule has 3 amide bonds. The van der Waals surface area contributed by atoms with Crippen molar-refractivity contribution in [1.82, 2.24) is 10.2 Å².